The van der Waals surface area contributed by atoms with Gasteiger partial charge in [0, 0.05) is 0 Å². The quantitative estimate of drug-likeness (QED) is 0.409. The van der Waals surface area contributed by atoms with Gasteiger partial charge in [0.2, 0.25) is 0 Å². The Morgan fingerprint density at radius 1 is 2.00 bits per heavy atom. The van der Waals surface area contributed by atoms with Crippen LogP contribution in [0.2, 0.25) is 0 Å². The third-order valence-corrected chi connectivity index (χ3v) is 0.105. The predicted octanol–water partition coefficient (Wildman–Crippen LogP) is -0.259. The van der Waals surface area contributed by atoms with E-state index in [9.17, 15) is 0 Å². The third-order valence-electron chi connectivity index (χ3n) is 0.105. The molecular formula is C2H4BO. The van der Waals surface area contributed by atoms with Crippen LogP contribution in [-0.2, 0) is 0 Å². The normalized spacial score (nSPS) is 5.25. The van der Waals surface area contributed by atoms with Crippen molar-refractivity contribution in [1.82, 2.24) is 0 Å². The van der Waals surface area contributed by atoms with E-state index < -0.39 is 0 Å². The lowest BCUT2D eigenvalue weighted by Crippen LogP contribution is -1.71. The van der Waals surface area contributed by atoms with Crippen molar-refractivity contribution in [3.63, 3.8) is 0 Å². The molecule has 1 N–H and O–H groups in total. The van der Waals surface area contributed by atoms with Crippen molar-refractivity contribution in [3.05, 3.63) is 12.6 Å². The Morgan fingerprint density at radius 2 is 2.25 bits per heavy atom. The van der Waals surface area contributed by atoms with Crippen LogP contribution < -0.4 is 0 Å². The third kappa shape index (κ3) is 1.76. The summed E-state index contributed by atoms with van der Waals surface area (Å²) < 4.78 is 0. The van der Waals surface area contributed by atoms with Gasteiger partial charge in [-0.3, -0.25) is 0 Å². The van der Waals surface area contributed by atoms with Gasteiger partial charge in [0.1, 0.15) is 0 Å². The number of hydrogen-bond acceptors (Lipinski definition) is 1. The summed E-state index contributed by atoms with van der Waals surface area (Å²) in [4.78, 5) is 0. The van der Waals surface area contributed by atoms with Crippen LogP contribution in [0, 0.1) is 0 Å². The highest BCUT2D eigenvalue weighted by atomic mass is 16.2. The van der Waals surface area contributed by atoms with E-state index in [0.717, 1.165) is 7.48 Å². The number of hydrogen-bond donors (Lipinski definition) is 1. The van der Waals surface area contributed by atoms with E-state index in [2.05, 4.69) is 6.58 Å². The highest BCUT2D eigenvalue weighted by Crippen LogP contribution is 1.40. The smallest absolute Gasteiger partial charge is 0.317 e. The Morgan fingerprint density at radius 3 is 2.25 bits per heavy atom. The van der Waals surface area contributed by atoms with Crippen molar-refractivity contribution in [1.29, 1.82) is 0 Å². The fourth-order valence-electron chi connectivity index (χ4n) is 0. The molecule has 4 heavy (non-hydrogen) atoms. The van der Waals surface area contributed by atoms with E-state index in [-0.39, 0.29) is 0 Å². The molecule has 0 aromatic carbocycles. The van der Waals surface area contributed by atoms with Crippen LogP contribution in [-0.4, -0.2) is 12.5 Å². The summed E-state index contributed by atoms with van der Waals surface area (Å²) in [7, 11) is 0.889. The summed E-state index contributed by atoms with van der Waals surface area (Å²) in [5, 5.41) is 7.63. The molecule has 0 saturated heterocycles. The van der Waals surface area contributed by atoms with E-state index in [4.69, 9.17) is 5.02 Å². The van der Waals surface area contributed by atoms with E-state index >= 15 is 0 Å². The molecule has 0 saturated carbocycles. The second-order valence-electron chi connectivity index (χ2n) is 0.385. The van der Waals surface area contributed by atoms with E-state index in [0.29, 0.717) is 0 Å². The summed E-state index contributed by atoms with van der Waals surface area (Å²) in [5.74, 6) is 1.31. The molecule has 0 spiro atoms. The molecule has 0 unspecified atom stereocenters. The van der Waals surface area contributed by atoms with Crippen molar-refractivity contribution in [2.75, 3.05) is 0 Å². The molecule has 1 nitrogen and oxygen atoms in total. The van der Waals surface area contributed by atoms with Gasteiger partial charge in [0.05, 0.1) is 0 Å². The zero-order valence-corrected chi connectivity index (χ0v) is 2.31. The molecule has 0 bridgehead atoms. The summed E-state index contributed by atoms with van der Waals surface area (Å²) in [5.41, 5.74) is 0. The number of rotatable bonds is 1. The van der Waals surface area contributed by atoms with Gasteiger partial charge in [0.15, 0.2) is 0 Å². The summed E-state index contributed by atoms with van der Waals surface area (Å²) in [6, 6.07) is 0. The highest BCUT2D eigenvalue weighted by Gasteiger charge is 1.56. The average Bonchev–Trinajstić information content (AvgIpc) is 1.37. The molecular weight excluding hydrogens is 50.8 g/mol. The topological polar surface area (TPSA) is 20.2 Å². The lowest BCUT2D eigenvalue weighted by atomic mass is 10.1. The first-order chi connectivity index (χ1) is 1.91. The fourth-order valence-corrected chi connectivity index (χ4v) is 0. The molecule has 0 atom stereocenters. The molecule has 0 aromatic rings. The second-order valence-corrected chi connectivity index (χ2v) is 0.385. The van der Waals surface area contributed by atoms with Crippen molar-refractivity contribution >= 4 is 7.48 Å². The summed E-state index contributed by atoms with van der Waals surface area (Å²) >= 11 is 0. The van der Waals surface area contributed by atoms with Gasteiger partial charge in [-0.2, -0.15) is 0 Å². The minimum Gasteiger partial charge on any atom is -0.450 e. The summed E-state index contributed by atoms with van der Waals surface area (Å²) in [6.07, 6.45) is 0. The van der Waals surface area contributed by atoms with Crippen LogP contribution in [0.4, 0.5) is 0 Å². The first-order valence-electron chi connectivity index (χ1n) is 1.000. The Kier molecular flexibility index (Phi) is 2.60. The predicted molar refractivity (Wildman–Crippen MR) is 18.2 cm³/mol. The van der Waals surface area contributed by atoms with Crippen LogP contribution in [0.5, 0.6) is 0 Å². The van der Waals surface area contributed by atoms with Crippen molar-refractivity contribution in [2.24, 2.45) is 0 Å². The zero-order chi connectivity index (χ0) is 3.41. The van der Waals surface area contributed by atoms with E-state index in [1.807, 2.05) is 0 Å². The van der Waals surface area contributed by atoms with Crippen LogP contribution in [0.25, 0.3) is 0 Å². The maximum absolute atomic E-state index is 7.63. The molecule has 0 aliphatic rings. The van der Waals surface area contributed by atoms with E-state index in [1.54, 1.807) is 0 Å². The monoisotopic (exact) mass is 55.0 g/mol. The maximum atomic E-state index is 7.63. The minimum atomic E-state index is 0.889. The Labute approximate surface area is 26.2 Å². The van der Waals surface area contributed by atoms with Gasteiger partial charge in [0.25, 0.3) is 0 Å². The largest absolute Gasteiger partial charge is 0.450 e. The minimum absolute atomic E-state index is 0.889. The summed E-state index contributed by atoms with van der Waals surface area (Å²) in [6.45, 7) is 3.17. The van der Waals surface area contributed by atoms with Gasteiger partial charge in [-0.15, -0.1) is 6.58 Å². The lowest BCUT2D eigenvalue weighted by Gasteiger charge is -1.53. The second kappa shape index (κ2) is 2.76. The van der Waals surface area contributed by atoms with Crippen molar-refractivity contribution in [2.45, 2.75) is 0 Å². The molecule has 0 rings (SSSR count). The molecule has 0 heterocycles. The Balaban J connectivity index is 2.30. The maximum Gasteiger partial charge on any atom is 0.317 e. The molecule has 21 valence electrons. The molecule has 0 aliphatic heterocycles. The highest BCUT2D eigenvalue weighted by molar-refractivity contribution is 6.32. The van der Waals surface area contributed by atoms with Crippen LogP contribution in [0.3, 0.4) is 0 Å². The molecule has 2 heteroatoms. The first kappa shape index (κ1) is 3.76. The van der Waals surface area contributed by atoms with Gasteiger partial charge in [-0.05, 0) is 0 Å². The first-order valence-corrected chi connectivity index (χ1v) is 1.000. The molecule has 0 aromatic heterocycles. The van der Waals surface area contributed by atoms with Gasteiger partial charge in [-0.1, -0.05) is 5.98 Å². The fraction of sp³-hybridized carbons (Fsp3) is 0. The van der Waals surface area contributed by atoms with Crippen molar-refractivity contribution < 1.29 is 5.02 Å². The Hall–Kier alpha value is -0.235. The van der Waals surface area contributed by atoms with Crippen LogP contribution in [0.1, 0.15) is 0 Å². The molecule has 0 fully saturated rings. The lowest BCUT2D eigenvalue weighted by molar-refractivity contribution is 0.614. The van der Waals surface area contributed by atoms with Gasteiger partial charge < -0.3 is 5.02 Å². The molecule has 0 aliphatic carbocycles. The Bertz CT molecular complexity index is 20.0. The van der Waals surface area contributed by atoms with Crippen LogP contribution in [0.15, 0.2) is 12.6 Å². The van der Waals surface area contributed by atoms with Gasteiger partial charge in [-0.25, -0.2) is 0 Å². The van der Waals surface area contributed by atoms with Crippen molar-refractivity contribution in [3.8, 4) is 0 Å². The SMILES string of the molecule is C=C[B]O. The van der Waals surface area contributed by atoms with Gasteiger partial charge >= 0.3 is 7.48 Å². The standard InChI is InChI=1S/C2H4BO/c1-2-3-4/h2,4H,1H2. The molecule has 0 amide bonds. The van der Waals surface area contributed by atoms with E-state index in [1.165, 1.54) is 5.98 Å². The van der Waals surface area contributed by atoms with Crippen LogP contribution >= 0.6 is 0 Å². The zero-order valence-electron chi connectivity index (χ0n) is 2.31. The average molecular weight is 54.9 g/mol. The molecule has 1 radical (unpaired) electrons.